The van der Waals surface area contributed by atoms with E-state index in [1.54, 1.807) is 11.0 Å². The molecule has 1 heterocycles. The predicted molar refractivity (Wildman–Crippen MR) is 77.1 cm³/mol. The molecule has 0 atom stereocenters. The van der Waals surface area contributed by atoms with E-state index in [-0.39, 0.29) is 11.3 Å². The van der Waals surface area contributed by atoms with E-state index in [0.29, 0.717) is 19.1 Å². The Kier molecular flexibility index (Phi) is 4.07. The smallest absolute Gasteiger partial charge is 0.150 e. The lowest BCUT2D eigenvalue weighted by molar-refractivity contribution is 0.187. The monoisotopic (exact) mass is 291 g/mol. The van der Waals surface area contributed by atoms with Crippen molar-refractivity contribution in [2.24, 2.45) is 0 Å². The predicted octanol–water partition coefficient (Wildman–Crippen LogP) is 2.90. The minimum absolute atomic E-state index is 0.0140. The van der Waals surface area contributed by atoms with Crippen LogP contribution in [-0.2, 0) is 0 Å². The molecule has 1 saturated heterocycles. The van der Waals surface area contributed by atoms with E-state index in [4.69, 9.17) is 5.26 Å². The number of anilines is 1. The zero-order valence-corrected chi connectivity index (χ0v) is 12.0. The van der Waals surface area contributed by atoms with Crippen LogP contribution in [0.5, 0.6) is 0 Å². The molecule has 2 fully saturated rings. The van der Waals surface area contributed by atoms with E-state index in [0.717, 1.165) is 25.2 Å². The summed E-state index contributed by atoms with van der Waals surface area (Å²) in [6.45, 7) is 2.97. The first kappa shape index (κ1) is 14.3. The van der Waals surface area contributed by atoms with Crippen LogP contribution in [0.3, 0.4) is 0 Å². The summed E-state index contributed by atoms with van der Waals surface area (Å²) in [7, 11) is 0. The van der Waals surface area contributed by atoms with Gasteiger partial charge in [0.15, 0.2) is 11.6 Å². The summed E-state index contributed by atoms with van der Waals surface area (Å²) in [6.07, 6.45) is 5.09. The minimum atomic E-state index is -0.638. The summed E-state index contributed by atoms with van der Waals surface area (Å²) in [4.78, 5) is 4.21. The molecule has 0 amide bonds. The fourth-order valence-electron chi connectivity index (χ4n) is 3.51. The van der Waals surface area contributed by atoms with Gasteiger partial charge in [-0.15, -0.1) is 0 Å². The van der Waals surface area contributed by atoms with Crippen molar-refractivity contribution in [2.45, 2.75) is 31.7 Å². The summed E-state index contributed by atoms with van der Waals surface area (Å²) in [6, 6.07) is 4.66. The molecule has 1 saturated carbocycles. The maximum atomic E-state index is 14.0. The van der Waals surface area contributed by atoms with Gasteiger partial charge in [-0.05, 0) is 25.0 Å². The quantitative estimate of drug-likeness (QED) is 0.839. The number of hydrogen-bond donors (Lipinski definition) is 0. The van der Waals surface area contributed by atoms with Crippen LogP contribution in [-0.4, -0.2) is 37.1 Å². The normalized spacial score (nSPS) is 20.7. The van der Waals surface area contributed by atoms with Crippen LogP contribution in [0.1, 0.15) is 31.2 Å². The lowest BCUT2D eigenvalue weighted by atomic mass is 10.1. The zero-order chi connectivity index (χ0) is 14.8. The van der Waals surface area contributed by atoms with Gasteiger partial charge in [0.25, 0.3) is 0 Å². The van der Waals surface area contributed by atoms with Gasteiger partial charge in [0, 0.05) is 32.2 Å². The number of nitriles is 1. The number of halogens is 2. The van der Waals surface area contributed by atoms with Crippen LogP contribution >= 0.6 is 0 Å². The summed E-state index contributed by atoms with van der Waals surface area (Å²) in [5.41, 5.74) is 0.0402. The van der Waals surface area contributed by atoms with E-state index < -0.39 is 11.6 Å². The SMILES string of the molecule is N#Cc1cc(F)c(N2CCN(C3CCCC3)CC2)c(F)c1. The average molecular weight is 291 g/mol. The first-order valence-electron chi connectivity index (χ1n) is 7.57. The topological polar surface area (TPSA) is 30.3 Å². The molecule has 2 aliphatic rings. The second kappa shape index (κ2) is 5.98. The number of piperazine rings is 1. The third-order valence-corrected chi connectivity index (χ3v) is 4.62. The Morgan fingerprint density at radius 2 is 1.57 bits per heavy atom. The number of nitrogens with zero attached hydrogens (tertiary/aromatic N) is 3. The molecule has 1 aromatic carbocycles. The van der Waals surface area contributed by atoms with Crippen LogP contribution in [0.4, 0.5) is 14.5 Å². The Bertz CT molecular complexity index is 530. The van der Waals surface area contributed by atoms with Gasteiger partial charge >= 0.3 is 0 Å². The number of rotatable bonds is 2. The van der Waals surface area contributed by atoms with E-state index >= 15 is 0 Å². The molecule has 0 N–H and O–H groups in total. The molecule has 0 bridgehead atoms. The Labute approximate surface area is 123 Å². The molecular weight excluding hydrogens is 272 g/mol. The van der Waals surface area contributed by atoms with Crippen molar-refractivity contribution >= 4 is 5.69 Å². The number of hydrogen-bond acceptors (Lipinski definition) is 3. The molecule has 1 aliphatic carbocycles. The van der Waals surface area contributed by atoms with Gasteiger partial charge in [-0.2, -0.15) is 5.26 Å². The molecule has 112 valence electrons. The zero-order valence-electron chi connectivity index (χ0n) is 12.0. The van der Waals surface area contributed by atoms with Crippen LogP contribution in [0.2, 0.25) is 0 Å². The fourth-order valence-corrected chi connectivity index (χ4v) is 3.51. The maximum absolute atomic E-state index is 14.0. The highest BCUT2D eigenvalue weighted by atomic mass is 19.1. The molecule has 3 nitrogen and oxygen atoms in total. The second-order valence-electron chi connectivity index (χ2n) is 5.86. The van der Waals surface area contributed by atoms with Crippen LogP contribution in [0.25, 0.3) is 0 Å². The lowest BCUT2D eigenvalue weighted by Crippen LogP contribution is -2.50. The molecule has 5 heteroatoms. The van der Waals surface area contributed by atoms with E-state index in [1.807, 2.05) is 0 Å². The van der Waals surface area contributed by atoms with Crippen LogP contribution < -0.4 is 4.90 Å². The Morgan fingerprint density at radius 1 is 1.00 bits per heavy atom. The number of benzene rings is 1. The van der Waals surface area contributed by atoms with Gasteiger partial charge in [0.1, 0.15) is 5.69 Å². The van der Waals surface area contributed by atoms with Gasteiger partial charge in [-0.1, -0.05) is 12.8 Å². The van der Waals surface area contributed by atoms with E-state index in [2.05, 4.69) is 4.90 Å². The minimum Gasteiger partial charge on any atom is -0.364 e. The van der Waals surface area contributed by atoms with Crippen molar-refractivity contribution in [1.29, 1.82) is 5.26 Å². The highest BCUT2D eigenvalue weighted by molar-refractivity contribution is 5.53. The third-order valence-electron chi connectivity index (χ3n) is 4.62. The molecule has 3 rings (SSSR count). The van der Waals surface area contributed by atoms with Gasteiger partial charge in [-0.3, -0.25) is 4.90 Å². The first-order valence-corrected chi connectivity index (χ1v) is 7.57. The van der Waals surface area contributed by atoms with Crippen molar-refractivity contribution in [2.75, 3.05) is 31.1 Å². The summed E-state index contributed by atoms with van der Waals surface area (Å²) in [5.74, 6) is -1.28. The molecule has 0 aromatic heterocycles. The maximum Gasteiger partial charge on any atom is 0.150 e. The summed E-state index contributed by atoms with van der Waals surface area (Å²) < 4.78 is 28.1. The van der Waals surface area contributed by atoms with Crippen molar-refractivity contribution in [3.63, 3.8) is 0 Å². The van der Waals surface area contributed by atoms with E-state index in [9.17, 15) is 8.78 Å². The van der Waals surface area contributed by atoms with Gasteiger partial charge in [0.2, 0.25) is 0 Å². The van der Waals surface area contributed by atoms with Crippen LogP contribution in [0.15, 0.2) is 12.1 Å². The molecule has 1 aliphatic heterocycles. The third kappa shape index (κ3) is 2.86. The molecule has 0 unspecified atom stereocenters. The highest BCUT2D eigenvalue weighted by Crippen LogP contribution is 2.28. The Balaban J connectivity index is 1.71. The average Bonchev–Trinajstić information content (AvgIpc) is 3.01. The largest absolute Gasteiger partial charge is 0.364 e. The van der Waals surface area contributed by atoms with Crippen molar-refractivity contribution in [1.82, 2.24) is 4.90 Å². The second-order valence-corrected chi connectivity index (χ2v) is 5.86. The van der Waals surface area contributed by atoms with Crippen molar-refractivity contribution in [3.05, 3.63) is 29.3 Å². The molecule has 21 heavy (non-hydrogen) atoms. The van der Waals surface area contributed by atoms with Gasteiger partial charge in [-0.25, -0.2) is 8.78 Å². The summed E-state index contributed by atoms with van der Waals surface area (Å²) in [5, 5.41) is 8.74. The molecule has 0 radical (unpaired) electrons. The van der Waals surface area contributed by atoms with Gasteiger partial charge in [0.05, 0.1) is 11.6 Å². The fraction of sp³-hybridized carbons (Fsp3) is 0.562. The lowest BCUT2D eigenvalue weighted by Gasteiger charge is -2.39. The van der Waals surface area contributed by atoms with Crippen molar-refractivity contribution in [3.8, 4) is 6.07 Å². The highest BCUT2D eigenvalue weighted by Gasteiger charge is 2.28. The standard InChI is InChI=1S/C16H19F2N3/c17-14-9-12(11-19)10-15(18)16(14)21-7-5-20(6-8-21)13-3-1-2-4-13/h9-10,13H,1-8H2. The van der Waals surface area contributed by atoms with Crippen molar-refractivity contribution < 1.29 is 8.78 Å². The molecule has 0 spiro atoms. The Morgan fingerprint density at radius 3 is 2.10 bits per heavy atom. The Hall–Kier alpha value is -1.67. The summed E-state index contributed by atoms with van der Waals surface area (Å²) >= 11 is 0. The molecular formula is C16H19F2N3. The van der Waals surface area contributed by atoms with Gasteiger partial charge < -0.3 is 4.90 Å². The van der Waals surface area contributed by atoms with Crippen LogP contribution in [0, 0.1) is 23.0 Å². The molecule has 1 aromatic rings. The van der Waals surface area contributed by atoms with E-state index in [1.165, 1.54) is 25.7 Å². The first-order chi connectivity index (χ1) is 10.2.